The average Bonchev–Trinajstić information content (AvgIpc) is 2.44. The van der Waals surface area contributed by atoms with E-state index in [0.717, 1.165) is 6.07 Å². The third-order valence-corrected chi connectivity index (χ3v) is 3.76. The lowest BCUT2D eigenvalue weighted by atomic mass is 10.0. The van der Waals surface area contributed by atoms with Crippen LogP contribution in [0.1, 0.15) is 15.9 Å². The van der Waals surface area contributed by atoms with Gasteiger partial charge in [-0.15, -0.1) is 0 Å². The third-order valence-electron chi connectivity index (χ3n) is 3.76. The van der Waals surface area contributed by atoms with Gasteiger partial charge >= 0.3 is 5.97 Å². The van der Waals surface area contributed by atoms with Gasteiger partial charge in [0.15, 0.2) is 11.6 Å². The third kappa shape index (κ3) is 1.77. The van der Waals surface area contributed by atoms with Crippen LogP contribution in [0.3, 0.4) is 0 Å². The second-order valence-electron chi connectivity index (χ2n) is 4.92. The van der Waals surface area contributed by atoms with Crippen molar-refractivity contribution >= 4 is 16.9 Å². The van der Waals surface area contributed by atoms with E-state index in [1.54, 1.807) is 16.7 Å². The zero-order chi connectivity index (χ0) is 15.3. The molecule has 0 aliphatic carbocycles. The van der Waals surface area contributed by atoms with Crippen LogP contribution in [-0.2, 0) is 6.42 Å². The lowest BCUT2D eigenvalue weighted by Crippen LogP contribution is -2.38. The number of aromatic carboxylic acids is 1. The zero-order valence-corrected chi connectivity index (χ0v) is 11.5. The number of rotatable bonds is 2. The highest BCUT2D eigenvalue weighted by Gasteiger charge is 2.26. The van der Waals surface area contributed by atoms with Crippen LogP contribution in [0, 0.1) is 5.82 Å². The molecule has 2 heterocycles. The van der Waals surface area contributed by atoms with Crippen molar-refractivity contribution in [2.75, 3.05) is 25.7 Å². The molecule has 0 spiro atoms. The topological polar surface area (TPSA) is 71.8 Å². The summed E-state index contributed by atoms with van der Waals surface area (Å²) in [6.07, 6.45) is 1.78. The molecule has 1 N–H and O–H groups in total. The van der Waals surface area contributed by atoms with Crippen LogP contribution in [0.2, 0.25) is 0 Å². The van der Waals surface area contributed by atoms with Crippen LogP contribution in [0.15, 0.2) is 17.1 Å². The summed E-state index contributed by atoms with van der Waals surface area (Å²) in [7, 11) is 3.14. The van der Waals surface area contributed by atoms with Gasteiger partial charge in [0, 0.05) is 25.4 Å². The molecule has 1 aliphatic heterocycles. The Kier molecular flexibility index (Phi) is 2.86. The molecule has 110 valence electrons. The molecule has 0 fully saturated rings. The van der Waals surface area contributed by atoms with E-state index in [-0.39, 0.29) is 16.7 Å². The number of carboxylic acid groups (broad SMARTS) is 1. The summed E-state index contributed by atoms with van der Waals surface area (Å²) >= 11 is 0. The van der Waals surface area contributed by atoms with Gasteiger partial charge in [-0.2, -0.15) is 0 Å². The van der Waals surface area contributed by atoms with E-state index < -0.39 is 17.2 Å². The van der Waals surface area contributed by atoms with Crippen molar-refractivity contribution in [2.45, 2.75) is 6.42 Å². The molecule has 1 aromatic carbocycles. The molecule has 21 heavy (non-hydrogen) atoms. The summed E-state index contributed by atoms with van der Waals surface area (Å²) in [4.78, 5) is 23.5. The number of likely N-dealkylation sites (N-methyl/N-ethyl adjacent to an activating group) is 1. The van der Waals surface area contributed by atoms with E-state index in [0.29, 0.717) is 24.0 Å². The molecule has 0 bridgehead atoms. The number of hydrogen-bond acceptors (Lipinski definition) is 4. The van der Waals surface area contributed by atoms with Crippen molar-refractivity contribution in [3.63, 3.8) is 0 Å². The monoisotopic (exact) mass is 292 g/mol. The van der Waals surface area contributed by atoms with Crippen LogP contribution in [-0.4, -0.2) is 36.5 Å². The van der Waals surface area contributed by atoms with Crippen molar-refractivity contribution in [1.29, 1.82) is 0 Å². The number of carbonyl (C=O) groups is 1. The fraction of sp³-hybridized carbons (Fsp3) is 0.286. The van der Waals surface area contributed by atoms with Crippen LogP contribution in [0.4, 0.5) is 4.39 Å². The zero-order valence-electron chi connectivity index (χ0n) is 11.5. The molecule has 0 saturated heterocycles. The van der Waals surface area contributed by atoms with Gasteiger partial charge in [0.1, 0.15) is 5.56 Å². The van der Waals surface area contributed by atoms with Gasteiger partial charge < -0.3 is 14.9 Å². The minimum atomic E-state index is -1.33. The maximum Gasteiger partial charge on any atom is 0.341 e. The molecule has 2 aromatic rings. The number of aromatic nitrogens is 1. The average molecular weight is 292 g/mol. The summed E-state index contributed by atoms with van der Waals surface area (Å²) in [5.74, 6) is -1.88. The molecule has 0 amide bonds. The summed E-state index contributed by atoms with van der Waals surface area (Å²) in [6.45, 7) is 0.559. The minimum absolute atomic E-state index is 0.0507. The number of nitrogens with zero attached hydrogens (tertiary/aromatic N) is 2. The predicted octanol–water partition coefficient (Wildman–Crippen LogP) is 0.971. The summed E-state index contributed by atoms with van der Waals surface area (Å²) in [5.41, 5.74) is 0.00950. The predicted molar refractivity (Wildman–Crippen MR) is 74.4 cm³/mol. The van der Waals surface area contributed by atoms with Crippen LogP contribution in [0.25, 0.3) is 10.9 Å². The fourth-order valence-corrected chi connectivity index (χ4v) is 2.76. The quantitative estimate of drug-likeness (QED) is 0.893. The second-order valence-corrected chi connectivity index (χ2v) is 4.92. The first-order valence-electron chi connectivity index (χ1n) is 6.35. The Hall–Kier alpha value is -2.57. The Morgan fingerprint density at radius 1 is 1.48 bits per heavy atom. The lowest BCUT2D eigenvalue weighted by Gasteiger charge is -2.31. The number of pyridine rings is 1. The first-order valence-corrected chi connectivity index (χ1v) is 6.35. The van der Waals surface area contributed by atoms with Gasteiger partial charge in [0.25, 0.3) is 0 Å². The van der Waals surface area contributed by atoms with Gasteiger partial charge in [0.2, 0.25) is 5.43 Å². The van der Waals surface area contributed by atoms with Crippen LogP contribution >= 0.6 is 0 Å². The number of benzene rings is 1. The minimum Gasteiger partial charge on any atom is -0.493 e. The molecular weight excluding hydrogens is 279 g/mol. The standard InChI is InChI=1S/C14H13FN2O4/c1-16-4-3-7-11-8(5-10(15)13(7)21-2)12(18)9(14(19)20)6-17(11)16/h5-6H,3-4H2,1-2H3,(H,19,20). The highest BCUT2D eigenvalue weighted by Crippen LogP contribution is 2.32. The van der Waals surface area contributed by atoms with E-state index in [1.807, 2.05) is 0 Å². The first kappa shape index (κ1) is 13.4. The number of hydrogen-bond donors (Lipinski definition) is 1. The molecule has 0 saturated carbocycles. The molecule has 1 aromatic heterocycles. The van der Waals surface area contributed by atoms with Crippen LogP contribution in [0.5, 0.6) is 5.75 Å². The molecule has 0 atom stereocenters. The van der Waals surface area contributed by atoms with E-state index in [9.17, 15) is 14.0 Å². The van der Waals surface area contributed by atoms with Gasteiger partial charge in [-0.05, 0) is 12.5 Å². The van der Waals surface area contributed by atoms with E-state index in [1.165, 1.54) is 13.3 Å². The largest absolute Gasteiger partial charge is 0.493 e. The van der Waals surface area contributed by atoms with Crippen molar-refractivity contribution in [2.24, 2.45) is 0 Å². The Morgan fingerprint density at radius 2 is 2.19 bits per heavy atom. The highest BCUT2D eigenvalue weighted by atomic mass is 19.1. The summed E-state index contributed by atoms with van der Waals surface area (Å²) in [6, 6.07) is 1.04. The van der Waals surface area contributed by atoms with Gasteiger partial charge in [0.05, 0.1) is 18.0 Å². The van der Waals surface area contributed by atoms with Crippen LogP contribution < -0.4 is 15.2 Å². The summed E-state index contributed by atoms with van der Waals surface area (Å²) in [5, 5.41) is 11.0. The second kappa shape index (κ2) is 4.47. The molecule has 1 aliphatic rings. The summed E-state index contributed by atoms with van der Waals surface area (Å²) < 4.78 is 20.8. The fourth-order valence-electron chi connectivity index (χ4n) is 2.76. The number of ether oxygens (including phenoxy) is 1. The van der Waals surface area contributed by atoms with Crippen molar-refractivity contribution in [1.82, 2.24) is 4.68 Å². The van der Waals surface area contributed by atoms with Crippen molar-refractivity contribution in [3.05, 3.63) is 39.4 Å². The Labute approximate surface area is 118 Å². The highest BCUT2D eigenvalue weighted by molar-refractivity contribution is 5.94. The Morgan fingerprint density at radius 3 is 2.81 bits per heavy atom. The van der Waals surface area contributed by atoms with Crippen molar-refractivity contribution in [3.8, 4) is 5.75 Å². The number of carboxylic acids is 1. The van der Waals surface area contributed by atoms with E-state index >= 15 is 0 Å². The Balaban J connectivity index is 2.55. The molecule has 0 radical (unpaired) electrons. The SMILES string of the molecule is COc1c(F)cc2c(=O)c(C(=O)O)cn3c2c1CCN3C. The number of halogens is 1. The normalized spacial score (nSPS) is 13.6. The smallest absolute Gasteiger partial charge is 0.341 e. The van der Waals surface area contributed by atoms with Gasteiger partial charge in [-0.1, -0.05) is 0 Å². The number of methoxy groups -OCH3 is 1. The molecule has 3 rings (SSSR count). The lowest BCUT2D eigenvalue weighted by molar-refractivity contribution is 0.0695. The molecule has 7 heteroatoms. The first-order chi connectivity index (χ1) is 9.95. The molecule has 6 nitrogen and oxygen atoms in total. The molecular formula is C14H13FN2O4. The van der Waals surface area contributed by atoms with Gasteiger partial charge in [-0.25, -0.2) is 9.18 Å². The maximum atomic E-state index is 14.1. The maximum absolute atomic E-state index is 14.1. The Bertz CT molecular complexity index is 828. The van der Waals surface area contributed by atoms with Crippen molar-refractivity contribution < 1.29 is 19.0 Å². The van der Waals surface area contributed by atoms with E-state index in [2.05, 4.69) is 0 Å². The van der Waals surface area contributed by atoms with E-state index in [4.69, 9.17) is 9.84 Å². The van der Waals surface area contributed by atoms with Gasteiger partial charge in [-0.3, -0.25) is 9.47 Å². The molecule has 0 unspecified atom stereocenters.